The summed E-state index contributed by atoms with van der Waals surface area (Å²) in [6.45, 7) is 1.49. The number of nitrogens with zero attached hydrogens (tertiary/aromatic N) is 2. The van der Waals surface area contributed by atoms with Crippen LogP contribution in [0.4, 0.5) is 0 Å². The van der Waals surface area contributed by atoms with Gasteiger partial charge in [-0.3, -0.25) is 4.79 Å². The van der Waals surface area contributed by atoms with Crippen molar-refractivity contribution in [2.45, 2.75) is 18.4 Å². The summed E-state index contributed by atoms with van der Waals surface area (Å²) in [7, 11) is 1.97. The first-order valence-corrected chi connectivity index (χ1v) is 6.40. The summed E-state index contributed by atoms with van der Waals surface area (Å²) in [5.41, 5.74) is -0.647. The van der Waals surface area contributed by atoms with E-state index in [1.807, 2.05) is 7.05 Å². The Kier molecular flexibility index (Phi) is 3.81. The van der Waals surface area contributed by atoms with E-state index in [0.29, 0.717) is 12.8 Å². The van der Waals surface area contributed by atoms with Gasteiger partial charge in [0.15, 0.2) is 11.5 Å². The van der Waals surface area contributed by atoms with Gasteiger partial charge in [-0.2, -0.15) is 5.26 Å². The lowest BCUT2D eigenvalue weighted by Gasteiger charge is -2.36. The molecule has 1 amide bonds. The van der Waals surface area contributed by atoms with Crippen LogP contribution in [0, 0.1) is 11.3 Å². The van der Waals surface area contributed by atoms with Crippen molar-refractivity contribution in [3.05, 3.63) is 23.8 Å². The van der Waals surface area contributed by atoms with Gasteiger partial charge in [-0.05, 0) is 38.1 Å². The molecule has 0 saturated carbocycles. The number of nitriles is 1. The van der Waals surface area contributed by atoms with Crippen LogP contribution in [0.25, 0.3) is 0 Å². The third-order valence-corrected chi connectivity index (χ3v) is 3.65. The number of benzene rings is 1. The maximum atomic E-state index is 12.2. The molecule has 0 aliphatic carbocycles. The summed E-state index contributed by atoms with van der Waals surface area (Å²) in [5, 5.41) is 30.7. The standard InChI is InChI=1S/C14H17N3O3/c1-17-6-4-14(9-15,5-7-17)16-13(20)10-2-3-11(18)12(19)8-10/h2-3,8,18-19H,4-7H2,1H3,(H,16,20). The third-order valence-electron chi connectivity index (χ3n) is 3.65. The molecule has 1 fully saturated rings. The van der Waals surface area contributed by atoms with Crippen molar-refractivity contribution in [2.24, 2.45) is 0 Å². The number of carbonyl (C=O) groups is 1. The Morgan fingerprint density at radius 1 is 1.35 bits per heavy atom. The summed E-state index contributed by atoms with van der Waals surface area (Å²) in [5.74, 6) is -1.06. The largest absolute Gasteiger partial charge is 0.504 e. The molecule has 3 N–H and O–H groups in total. The van der Waals surface area contributed by atoms with Crippen molar-refractivity contribution < 1.29 is 15.0 Å². The third kappa shape index (κ3) is 2.83. The number of aromatic hydroxyl groups is 2. The van der Waals surface area contributed by atoms with E-state index in [2.05, 4.69) is 16.3 Å². The lowest BCUT2D eigenvalue weighted by atomic mass is 9.89. The van der Waals surface area contributed by atoms with Gasteiger partial charge in [-0.15, -0.1) is 0 Å². The van der Waals surface area contributed by atoms with Gasteiger partial charge in [-0.25, -0.2) is 0 Å². The number of carbonyl (C=O) groups excluding carboxylic acids is 1. The lowest BCUT2D eigenvalue weighted by molar-refractivity contribution is 0.0881. The second-order valence-corrected chi connectivity index (χ2v) is 5.15. The number of rotatable bonds is 2. The topological polar surface area (TPSA) is 96.6 Å². The van der Waals surface area contributed by atoms with Crippen molar-refractivity contribution in [3.63, 3.8) is 0 Å². The van der Waals surface area contributed by atoms with Crippen LogP contribution in [0.15, 0.2) is 18.2 Å². The van der Waals surface area contributed by atoms with E-state index in [4.69, 9.17) is 0 Å². The van der Waals surface area contributed by atoms with Crippen molar-refractivity contribution in [1.82, 2.24) is 10.2 Å². The summed E-state index contributed by atoms with van der Waals surface area (Å²) in [4.78, 5) is 14.3. The highest BCUT2D eigenvalue weighted by Gasteiger charge is 2.35. The molecule has 1 heterocycles. The van der Waals surface area contributed by atoms with E-state index in [-0.39, 0.29) is 17.1 Å². The minimum absolute atomic E-state index is 0.217. The first-order chi connectivity index (χ1) is 9.46. The second kappa shape index (κ2) is 5.39. The maximum absolute atomic E-state index is 12.2. The normalized spacial score (nSPS) is 18.2. The Morgan fingerprint density at radius 2 is 2.00 bits per heavy atom. The molecule has 1 aliphatic rings. The van der Waals surface area contributed by atoms with Crippen molar-refractivity contribution >= 4 is 5.91 Å². The van der Waals surface area contributed by atoms with Crippen molar-refractivity contribution in [1.29, 1.82) is 5.26 Å². The molecule has 0 aromatic heterocycles. The average Bonchev–Trinajstić information content (AvgIpc) is 2.44. The molecule has 1 saturated heterocycles. The zero-order chi connectivity index (χ0) is 14.8. The zero-order valence-corrected chi connectivity index (χ0v) is 11.3. The van der Waals surface area contributed by atoms with Crippen molar-refractivity contribution in [3.8, 4) is 17.6 Å². The van der Waals surface area contributed by atoms with Crippen LogP contribution in [-0.4, -0.2) is 46.7 Å². The first kappa shape index (κ1) is 14.2. The Balaban J connectivity index is 2.13. The average molecular weight is 275 g/mol. The van der Waals surface area contributed by atoms with Gasteiger partial charge in [0.05, 0.1) is 6.07 Å². The molecule has 0 atom stereocenters. The Morgan fingerprint density at radius 3 is 2.55 bits per heavy atom. The number of hydrogen-bond acceptors (Lipinski definition) is 5. The SMILES string of the molecule is CN1CCC(C#N)(NC(=O)c2ccc(O)c(O)c2)CC1. The van der Waals surface area contributed by atoms with E-state index in [1.54, 1.807) is 0 Å². The predicted molar refractivity (Wildman–Crippen MR) is 72.3 cm³/mol. The van der Waals surface area contributed by atoms with Crippen LogP contribution in [0.5, 0.6) is 11.5 Å². The van der Waals surface area contributed by atoms with Gasteiger partial charge in [-0.1, -0.05) is 0 Å². The number of hydrogen-bond donors (Lipinski definition) is 3. The van der Waals surface area contributed by atoms with Crippen molar-refractivity contribution in [2.75, 3.05) is 20.1 Å². The minimum atomic E-state index is -0.864. The highest BCUT2D eigenvalue weighted by atomic mass is 16.3. The van der Waals surface area contributed by atoms with Crippen LogP contribution in [-0.2, 0) is 0 Å². The van der Waals surface area contributed by atoms with Gasteiger partial charge in [0.25, 0.3) is 5.91 Å². The van der Waals surface area contributed by atoms with Gasteiger partial charge >= 0.3 is 0 Å². The molecule has 6 heteroatoms. The zero-order valence-electron chi connectivity index (χ0n) is 11.3. The Bertz CT molecular complexity index is 557. The minimum Gasteiger partial charge on any atom is -0.504 e. The van der Waals surface area contributed by atoms with E-state index in [9.17, 15) is 20.3 Å². The number of piperidine rings is 1. The molecule has 2 rings (SSSR count). The fraction of sp³-hybridized carbons (Fsp3) is 0.429. The van der Waals surface area contributed by atoms with E-state index >= 15 is 0 Å². The molecule has 0 spiro atoms. The number of nitrogens with one attached hydrogen (secondary N) is 1. The second-order valence-electron chi connectivity index (χ2n) is 5.15. The van der Waals surface area contributed by atoms with Crippen LogP contribution in [0.1, 0.15) is 23.2 Å². The van der Waals surface area contributed by atoms with E-state index < -0.39 is 11.4 Å². The number of likely N-dealkylation sites (tertiary alicyclic amines) is 1. The number of phenols is 2. The molecule has 1 aliphatic heterocycles. The van der Waals surface area contributed by atoms with Crippen LogP contribution >= 0.6 is 0 Å². The summed E-state index contributed by atoms with van der Waals surface area (Å²) in [6.07, 6.45) is 1.13. The predicted octanol–water partition coefficient (Wildman–Crippen LogP) is 0.816. The van der Waals surface area contributed by atoms with Gasteiger partial charge in [0, 0.05) is 18.7 Å². The molecule has 0 radical (unpaired) electrons. The van der Waals surface area contributed by atoms with Gasteiger partial charge < -0.3 is 20.4 Å². The smallest absolute Gasteiger partial charge is 0.252 e. The van der Waals surface area contributed by atoms with Crippen LogP contribution < -0.4 is 5.32 Å². The van der Waals surface area contributed by atoms with E-state index in [1.165, 1.54) is 18.2 Å². The summed E-state index contributed by atoms with van der Waals surface area (Å²) < 4.78 is 0. The molecule has 6 nitrogen and oxygen atoms in total. The molecule has 0 bridgehead atoms. The summed E-state index contributed by atoms with van der Waals surface area (Å²) >= 11 is 0. The maximum Gasteiger partial charge on any atom is 0.252 e. The van der Waals surface area contributed by atoms with Gasteiger partial charge in [0.1, 0.15) is 5.54 Å². The quantitative estimate of drug-likeness (QED) is 0.694. The molecular weight excluding hydrogens is 258 g/mol. The Hall–Kier alpha value is -2.26. The molecule has 1 aromatic rings. The number of phenolic OH excluding ortho intramolecular Hbond substituents is 2. The fourth-order valence-corrected chi connectivity index (χ4v) is 2.22. The highest BCUT2D eigenvalue weighted by Crippen LogP contribution is 2.26. The molecule has 106 valence electrons. The summed E-state index contributed by atoms with van der Waals surface area (Å²) in [6, 6.07) is 6.03. The van der Waals surface area contributed by atoms with Gasteiger partial charge in [0.2, 0.25) is 0 Å². The molecular formula is C14H17N3O3. The Labute approximate surface area is 117 Å². The monoisotopic (exact) mass is 275 g/mol. The molecule has 0 unspecified atom stereocenters. The lowest BCUT2D eigenvalue weighted by Crippen LogP contribution is -2.53. The molecule has 20 heavy (non-hydrogen) atoms. The molecule has 1 aromatic carbocycles. The highest BCUT2D eigenvalue weighted by molar-refractivity contribution is 5.95. The fourth-order valence-electron chi connectivity index (χ4n) is 2.22. The number of amides is 1. The first-order valence-electron chi connectivity index (χ1n) is 6.40. The van der Waals surface area contributed by atoms with E-state index in [0.717, 1.165) is 13.1 Å². The van der Waals surface area contributed by atoms with Crippen LogP contribution in [0.2, 0.25) is 0 Å². The van der Waals surface area contributed by atoms with Crippen LogP contribution in [0.3, 0.4) is 0 Å².